The lowest BCUT2D eigenvalue weighted by molar-refractivity contribution is 0.0181. The SMILES string of the molecule is C[C@@]12CCC[C@H](COC(=O)c3ccc(Br)cc3)[C@H]1CCc1ccc(C#N)cc12. The zero-order valence-corrected chi connectivity index (χ0v) is 17.7. The number of rotatable bonds is 3. The van der Waals surface area contributed by atoms with Crippen molar-refractivity contribution >= 4 is 21.9 Å². The summed E-state index contributed by atoms with van der Waals surface area (Å²) >= 11 is 3.39. The van der Waals surface area contributed by atoms with Gasteiger partial charge in [0.2, 0.25) is 0 Å². The van der Waals surface area contributed by atoms with Crippen LogP contribution >= 0.6 is 15.9 Å². The van der Waals surface area contributed by atoms with Gasteiger partial charge in [-0.2, -0.15) is 5.26 Å². The van der Waals surface area contributed by atoms with Gasteiger partial charge in [0, 0.05) is 4.47 Å². The molecule has 1 fully saturated rings. The van der Waals surface area contributed by atoms with Gasteiger partial charge in [-0.15, -0.1) is 0 Å². The minimum Gasteiger partial charge on any atom is -0.462 e. The van der Waals surface area contributed by atoms with Gasteiger partial charge in [-0.1, -0.05) is 35.3 Å². The van der Waals surface area contributed by atoms with Crippen molar-refractivity contribution < 1.29 is 9.53 Å². The van der Waals surface area contributed by atoms with Crippen LogP contribution in [0.25, 0.3) is 0 Å². The van der Waals surface area contributed by atoms with Crippen molar-refractivity contribution in [2.75, 3.05) is 6.61 Å². The van der Waals surface area contributed by atoms with E-state index in [0.29, 0.717) is 24.0 Å². The molecule has 0 aliphatic heterocycles. The highest BCUT2D eigenvalue weighted by Crippen LogP contribution is 2.52. The zero-order valence-electron chi connectivity index (χ0n) is 16.1. The van der Waals surface area contributed by atoms with Gasteiger partial charge < -0.3 is 4.74 Å². The fraction of sp³-hybridized carbons (Fsp3) is 0.417. The Hall–Kier alpha value is -2.12. The molecule has 0 spiro atoms. The van der Waals surface area contributed by atoms with Crippen molar-refractivity contribution in [3.8, 4) is 6.07 Å². The van der Waals surface area contributed by atoms with Crippen LogP contribution < -0.4 is 0 Å². The van der Waals surface area contributed by atoms with E-state index in [1.807, 2.05) is 18.2 Å². The summed E-state index contributed by atoms with van der Waals surface area (Å²) in [5.41, 5.74) is 4.11. The number of hydrogen-bond donors (Lipinski definition) is 0. The molecule has 0 bridgehead atoms. The number of aryl methyl sites for hydroxylation is 1. The van der Waals surface area contributed by atoms with Crippen molar-refractivity contribution in [1.29, 1.82) is 5.26 Å². The van der Waals surface area contributed by atoms with E-state index in [4.69, 9.17) is 4.74 Å². The number of carbonyl (C=O) groups excluding carboxylic acids is 1. The summed E-state index contributed by atoms with van der Waals surface area (Å²) < 4.78 is 6.68. The van der Waals surface area contributed by atoms with Gasteiger partial charge in [0.25, 0.3) is 0 Å². The summed E-state index contributed by atoms with van der Waals surface area (Å²) in [4.78, 5) is 12.4. The van der Waals surface area contributed by atoms with Gasteiger partial charge in [-0.25, -0.2) is 4.79 Å². The van der Waals surface area contributed by atoms with E-state index < -0.39 is 0 Å². The van der Waals surface area contributed by atoms with Crippen molar-refractivity contribution in [3.63, 3.8) is 0 Å². The zero-order chi connectivity index (χ0) is 19.7. The Bertz CT molecular complexity index is 931. The fourth-order valence-corrected chi connectivity index (χ4v) is 5.55. The average Bonchev–Trinajstić information content (AvgIpc) is 2.71. The van der Waals surface area contributed by atoms with Gasteiger partial charge in [0.1, 0.15) is 0 Å². The number of esters is 1. The number of hydrogen-bond acceptors (Lipinski definition) is 3. The van der Waals surface area contributed by atoms with E-state index in [-0.39, 0.29) is 11.4 Å². The van der Waals surface area contributed by atoms with Crippen LogP contribution in [0.15, 0.2) is 46.9 Å². The van der Waals surface area contributed by atoms with Crippen LogP contribution in [0.4, 0.5) is 0 Å². The van der Waals surface area contributed by atoms with Crippen LogP contribution in [0.2, 0.25) is 0 Å². The third kappa shape index (κ3) is 3.49. The molecule has 0 unspecified atom stereocenters. The third-order valence-corrected chi connectivity index (χ3v) is 7.27. The molecule has 144 valence electrons. The van der Waals surface area contributed by atoms with Crippen LogP contribution in [-0.4, -0.2) is 12.6 Å². The summed E-state index contributed by atoms with van der Waals surface area (Å²) in [6.07, 6.45) is 5.52. The molecule has 4 heteroatoms. The van der Waals surface area contributed by atoms with Gasteiger partial charge in [-0.3, -0.25) is 0 Å². The highest BCUT2D eigenvalue weighted by Gasteiger charge is 2.46. The highest BCUT2D eigenvalue weighted by atomic mass is 79.9. The van der Waals surface area contributed by atoms with Gasteiger partial charge in [0.15, 0.2) is 0 Å². The second-order valence-corrected chi connectivity index (χ2v) is 9.22. The molecule has 3 nitrogen and oxygen atoms in total. The molecule has 2 aromatic rings. The van der Waals surface area contributed by atoms with Crippen LogP contribution in [0.3, 0.4) is 0 Å². The predicted molar refractivity (Wildman–Crippen MR) is 112 cm³/mol. The van der Waals surface area contributed by atoms with Gasteiger partial charge >= 0.3 is 5.97 Å². The maximum atomic E-state index is 12.4. The maximum absolute atomic E-state index is 12.4. The van der Waals surface area contributed by atoms with Crippen molar-refractivity contribution in [2.24, 2.45) is 11.8 Å². The monoisotopic (exact) mass is 437 g/mol. The van der Waals surface area contributed by atoms with Gasteiger partial charge in [0.05, 0.1) is 23.8 Å². The number of fused-ring (bicyclic) bond motifs is 3. The number of nitriles is 1. The summed E-state index contributed by atoms with van der Waals surface area (Å²) in [5, 5.41) is 9.33. The molecular weight excluding hydrogens is 414 g/mol. The van der Waals surface area contributed by atoms with E-state index in [0.717, 1.165) is 42.1 Å². The van der Waals surface area contributed by atoms with E-state index >= 15 is 0 Å². The first-order valence-electron chi connectivity index (χ1n) is 9.97. The van der Waals surface area contributed by atoms with Crippen LogP contribution in [0.1, 0.15) is 59.7 Å². The van der Waals surface area contributed by atoms with E-state index in [9.17, 15) is 10.1 Å². The lowest BCUT2D eigenvalue weighted by Crippen LogP contribution is -2.45. The van der Waals surface area contributed by atoms with Crippen molar-refractivity contribution in [1.82, 2.24) is 0 Å². The molecule has 0 aromatic heterocycles. The molecule has 0 heterocycles. The Morgan fingerprint density at radius 3 is 2.79 bits per heavy atom. The summed E-state index contributed by atoms with van der Waals surface area (Å²) in [7, 11) is 0. The lowest BCUT2D eigenvalue weighted by atomic mass is 9.55. The molecule has 28 heavy (non-hydrogen) atoms. The molecule has 0 saturated heterocycles. The van der Waals surface area contributed by atoms with Crippen molar-refractivity contribution in [3.05, 3.63) is 69.2 Å². The third-order valence-electron chi connectivity index (χ3n) is 6.75. The Labute approximate surface area is 174 Å². The summed E-state index contributed by atoms with van der Waals surface area (Å²) in [6.45, 7) is 2.82. The van der Waals surface area contributed by atoms with Crippen LogP contribution in [-0.2, 0) is 16.6 Å². The number of carbonyl (C=O) groups is 1. The fourth-order valence-electron chi connectivity index (χ4n) is 5.29. The highest BCUT2D eigenvalue weighted by molar-refractivity contribution is 9.10. The second kappa shape index (κ2) is 7.72. The van der Waals surface area contributed by atoms with E-state index in [1.54, 1.807) is 12.1 Å². The molecule has 2 aliphatic carbocycles. The lowest BCUT2D eigenvalue weighted by Gasteiger charge is -2.50. The largest absolute Gasteiger partial charge is 0.462 e. The quantitative estimate of drug-likeness (QED) is 0.570. The topological polar surface area (TPSA) is 50.1 Å². The Morgan fingerprint density at radius 2 is 2.04 bits per heavy atom. The van der Waals surface area contributed by atoms with Crippen molar-refractivity contribution in [2.45, 2.75) is 44.4 Å². The Morgan fingerprint density at radius 1 is 1.25 bits per heavy atom. The molecule has 0 radical (unpaired) electrons. The molecular formula is C24H24BrNO2. The first kappa shape index (κ1) is 19.2. The molecule has 1 saturated carbocycles. The molecule has 2 aliphatic rings. The molecule has 0 amide bonds. The van der Waals surface area contributed by atoms with E-state index in [2.05, 4.69) is 41.1 Å². The van der Waals surface area contributed by atoms with E-state index in [1.165, 1.54) is 11.1 Å². The second-order valence-electron chi connectivity index (χ2n) is 8.30. The molecule has 0 N–H and O–H groups in total. The number of nitrogens with zero attached hydrogens (tertiary/aromatic N) is 1. The first-order valence-corrected chi connectivity index (χ1v) is 10.8. The standard InChI is InChI=1S/C24H24BrNO2/c1-24-12-2-3-19(15-28-23(27)18-6-9-20(25)10-7-18)21(24)11-8-17-5-4-16(14-26)13-22(17)24/h4-7,9-10,13,19,21H,2-3,8,11-12,15H2,1H3/t19-,21-,24-/m1/s1. The summed E-state index contributed by atoms with van der Waals surface area (Å²) in [5.74, 6) is 0.611. The van der Waals surface area contributed by atoms with Crippen LogP contribution in [0, 0.1) is 23.2 Å². The predicted octanol–water partition coefficient (Wildman–Crippen LogP) is 5.80. The summed E-state index contributed by atoms with van der Waals surface area (Å²) in [6, 6.07) is 15.7. The Kier molecular flexibility index (Phi) is 5.29. The normalized spacial score (nSPS) is 25.9. The molecule has 2 aromatic carbocycles. The molecule has 3 atom stereocenters. The average molecular weight is 438 g/mol. The van der Waals surface area contributed by atoms with Crippen LogP contribution in [0.5, 0.6) is 0 Å². The Balaban J connectivity index is 1.52. The number of halogens is 1. The number of ether oxygens (including phenoxy) is 1. The first-order chi connectivity index (χ1) is 13.5. The minimum atomic E-state index is -0.247. The smallest absolute Gasteiger partial charge is 0.338 e. The maximum Gasteiger partial charge on any atom is 0.338 e. The number of benzene rings is 2. The molecule has 4 rings (SSSR count). The minimum absolute atomic E-state index is 0.0629. The van der Waals surface area contributed by atoms with Gasteiger partial charge in [-0.05, 0) is 90.5 Å².